The minimum Gasteiger partial charge on any atom is -0.467 e. The highest BCUT2D eigenvalue weighted by molar-refractivity contribution is 5.85. The maximum Gasteiger partial charge on any atom is 0.242 e. The number of furan rings is 1. The Kier molecular flexibility index (Phi) is 8.74. The Morgan fingerprint density at radius 3 is 2.42 bits per heavy atom. The van der Waals surface area contributed by atoms with Crippen molar-refractivity contribution in [3.05, 3.63) is 60.1 Å². The third-order valence-electron chi connectivity index (χ3n) is 6.28. The molecule has 0 unspecified atom stereocenters. The summed E-state index contributed by atoms with van der Waals surface area (Å²) in [5.74, 6) is 1.49. The number of benzene rings is 1. The SMILES string of the molecule is CC(C)N(CC(=O)N(CCc1ccccc1)Cc1ccco1)C(=O)CCC1CCCC1. The van der Waals surface area contributed by atoms with Crippen LogP contribution in [0.15, 0.2) is 53.1 Å². The Labute approximate surface area is 186 Å². The summed E-state index contributed by atoms with van der Waals surface area (Å²) in [6, 6.07) is 13.9. The highest BCUT2D eigenvalue weighted by atomic mass is 16.3. The lowest BCUT2D eigenvalue weighted by atomic mass is 10.0. The average molecular weight is 425 g/mol. The van der Waals surface area contributed by atoms with Crippen LogP contribution in [0.4, 0.5) is 0 Å². The summed E-state index contributed by atoms with van der Waals surface area (Å²) < 4.78 is 5.49. The van der Waals surface area contributed by atoms with E-state index in [-0.39, 0.29) is 24.4 Å². The Balaban J connectivity index is 1.61. The highest BCUT2D eigenvalue weighted by Gasteiger charge is 2.25. The topological polar surface area (TPSA) is 53.8 Å². The molecule has 5 nitrogen and oxygen atoms in total. The van der Waals surface area contributed by atoms with Crippen molar-refractivity contribution in [3.8, 4) is 0 Å². The smallest absolute Gasteiger partial charge is 0.242 e. The largest absolute Gasteiger partial charge is 0.467 e. The minimum atomic E-state index is -0.0322. The van der Waals surface area contributed by atoms with Gasteiger partial charge < -0.3 is 14.2 Å². The van der Waals surface area contributed by atoms with Gasteiger partial charge in [-0.2, -0.15) is 0 Å². The number of hydrogen-bond acceptors (Lipinski definition) is 3. The first-order valence-corrected chi connectivity index (χ1v) is 11.7. The zero-order valence-corrected chi connectivity index (χ0v) is 19.0. The van der Waals surface area contributed by atoms with E-state index in [1.807, 2.05) is 49.1 Å². The van der Waals surface area contributed by atoms with Crippen LogP contribution in [0.2, 0.25) is 0 Å². The molecule has 0 N–H and O–H groups in total. The second-order valence-electron chi connectivity index (χ2n) is 8.93. The van der Waals surface area contributed by atoms with Crippen molar-refractivity contribution in [2.24, 2.45) is 5.92 Å². The van der Waals surface area contributed by atoms with Crippen LogP contribution < -0.4 is 0 Å². The summed E-state index contributed by atoms with van der Waals surface area (Å²) in [7, 11) is 0. The lowest BCUT2D eigenvalue weighted by molar-refractivity contribution is -0.142. The molecule has 5 heteroatoms. The molecule has 2 amide bonds. The van der Waals surface area contributed by atoms with Crippen LogP contribution >= 0.6 is 0 Å². The molecular weight excluding hydrogens is 388 g/mol. The van der Waals surface area contributed by atoms with E-state index in [0.717, 1.165) is 18.6 Å². The lowest BCUT2D eigenvalue weighted by Crippen LogP contribution is -2.46. The van der Waals surface area contributed by atoms with Gasteiger partial charge in [0, 0.05) is 19.0 Å². The van der Waals surface area contributed by atoms with Crippen molar-refractivity contribution in [3.63, 3.8) is 0 Å². The fourth-order valence-electron chi connectivity index (χ4n) is 4.37. The van der Waals surface area contributed by atoms with E-state index in [0.29, 0.717) is 25.4 Å². The molecule has 168 valence electrons. The van der Waals surface area contributed by atoms with Gasteiger partial charge >= 0.3 is 0 Å². The van der Waals surface area contributed by atoms with Gasteiger partial charge in [-0.15, -0.1) is 0 Å². The lowest BCUT2D eigenvalue weighted by Gasteiger charge is -2.30. The van der Waals surface area contributed by atoms with Gasteiger partial charge in [0.2, 0.25) is 11.8 Å². The predicted octanol–water partition coefficient (Wildman–Crippen LogP) is 5.06. The van der Waals surface area contributed by atoms with Crippen molar-refractivity contribution in [1.82, 2.24) is 9.80 Å². The molecule has 1 aromatic heterocycles. The molecule has 31 heavy (non-hydrogen) atoms. The molecule has 0 atom stereocenters. The van der Waals surface area contributed by atoms with E-state index in [2.05, 4.69) is 12.1 Å². The molecule has 0 aliphatic heterocycles. The number of rotatable bonds is 11. The zero-order valence-electron chi connectivity index (χ0n) is 19.0. The normalized spacial score (nSPS) is 14.2. The van der Waals surface area contributed by atoms with E-state index >= 15 is 0 Å². The maximum absolute atomic E-state index is 13.3. The minimum absolute atomic E-state index is 0.000357. The summed E-state index contributed by atoms with van der Waals surface area (Å²) in [5.41, 5.74) is 1.19. The van der Waals surface area contributed by atoms with Gasteiger partial charge in [-0.3, -0.25) is 9.59 Å². The summed E-state index contributed by atoms with van der Waals surface area (Å²) in [5, 5.41) is 0. The number of hydrogen-bond donors (Lipinski definition) is 0. The van der Waals surface area contributed by atoms with Gasteiger partial charge in [0.05, 0.1) is 19.4 Å². The molecule has 0 saturated heterocycles. The van der Waals surface area contributed by atoms with Crippen LogP contribution in [-0.4, -0.2) is 40.7 Å². The molecule has 1 fully saturated rings. The summed E-state index contributed by atoms with van der Waals surface area (Å²) in [6.07, 6.45) is 8.93. The van der Waals surface area contributed by atoms with Gasteiger partial charge in [0.25, 0.3) is 0 Å². The summed E-state index contributed by atoms with van der Waals surface area (Å²) in [6.45, 7) is 5.10. The number of nitrogens with zero attached hydrogens (tertiary/aromatic N) is 2. The van der Waals surface area contributed by atoms with Crippen molar-refractivity contribution in [2.75, 3.05) is 13.1 Å². The Hall–Kier alpha value is -2.56. The van der Waals surface area contributed by atoms with Gasteiger partial charge in [-0.25, -0.2) is 0 Å². The molecule has 1 aliphatic carbocycles. The van der Waals surface area contributed by atoms with Crippen LogP contribution in [-0.2, 0) is 22.6 Å². The fourth-order valence-corrected chi connectivity index (χ4v) is 4.37. The van der Waals surface area contributed by atoms with Crippen LogP contribution in [0.25, 0.3) is 0 Å². The van der Waals surface area contributed by atoms with E-state index in [4.69, 9.17) is 4.42 Å². The van der Waals surface area contributed by atoms with Crippen molar-refractivity contribution < 1.29 is 14.0 Å². The first-order chi connectivity index (χ1) is 15.0. The quantitative estimate of drug-likeness (QED) is 0.507. The second-order valence-corrected chi connectivity index (χ2v) is 8.93. The monoisotopic (exact) mass is 424 g/mol. The summed E-state index contributed by atoms with van der Waals surface area (Å²) >= 11 is 0. The molecule has 2 aromatic rings. The zero-order chi connectivity index (χ0) is 22.1. The van der Waals surface area contributed by atoms with E-state index in [9.17, 15) is 9.59 Å². The molecule has 0 spiro atoms. The van der Waals surface area contributed by atoms with Crippen LogP contribution in [0.1, 0.15) is 63.7 Å². The molecule has 1 saturated carbocycles. The van der Waals surface area contributed by atoms with Crippen LogP contribution in [0.5, 0.6) is 0 Å². The molecular formula is C26H36N2O3. The molecule has 1 aromatic carbocycles. The first-order valence-electron chi connectivity index (χ1n) is 11.7. The Bertz CT molecular complexity index is 795. The van der Waals surface area contributed by atoms with Crippen LogP contribution in [0, 0.1) is 5.92 Å². The average Bonchev–Trinajstić information content (AvgIpc) is 3.47. The molecule has 0 bridgehead atoms. The molecule has 3 rings (SSSR count). The van der Waals surface area contributed by atoms with Crippen molar-refractivity contribution in [1.29, 1.82) is 0 Å². The van der Waals surface area contributed by atoms with Gasteiger partial charge in [0.1, 0.15) is 5.76 Å². The van der Waals surface area contributed by atoms with Gasteiger partial charge in [-0.05, 0) is 50.3 Å². The number of carbonyl (C=O) groups excluding carboxylic acids is 2. The first kappa shape index (κ1) is 23.1. The van der Waals surface area contributed by atoms with Crippen molar-refractivity contribution in [2.45, 2.75) is 71.4 Å². The summed E-state index contributed by atoms with van der Waals surface area (Å²) in [4.78, 5) is 29.7. The van der Waals surface area contributed by atoms with Crippen molar-refractivity contribution >= 4 is 11.8 Å². The number of amides is 2. The maximum atomic E-state index is 13.3. The Morgan fingerprint density at radius 2 is 1.77 bits per heavy atom. The van der Waals surface area contributed by atoms with Gasteiger partial charge in [-0.1, -0.05) is 56.0 Å². The molecule has 1 aliphatic rings. The highest BCUT2D eigenvalue weighted by Crippen LogP contribution is 2.28. The predicted molar refractivity (Wildman–Crippen MR) is 122 cm³/mol. The second kappa shape index (κ2) is 11.7. The van der Waals surface area contributed by atoms with E-state index < -0.39 is 0 Å². The van der Waals surface area contributed by atoms with Crippen LogP contribution in [0.3, 0.4) is 0 Å². The number of carbonyl (C=O) groups is 2. The van der Waals surface area contributed by atoms with E-state index in [1.54, 1.807) is 11.2 Å². The third kappa shape index (κ3) is 7.27. The van der Waals surface area contributed by atoms with E-state index in [1.165, 1.54) is 31.2 Å². The third-order valence-corrected chi connectivity index (χ3v) is 6.28. The standard InChI is InChI=1S/C26H36N2O3/c1-21(2)28(25(29)15-14-22-11-6-7-12-22)20-26(30)27(19-24-13-8-18-31-24)17-16-23-9-4-3-5-10-23/h3-5,8-10,13,18,21-22H,6-7,11-12,14-17,19-20H2,1-2H3. The Morgan fingerprint density at radius 1 is 1.03 bits per heavy atom. The van der Waals surface area contributed by atoms with Gasteiger partial charge in [0.15, 0.2) is 0 Å². The fraction of sp³-hybridized carbons (Fsp3) is 0.538. The molecule has 0 radical (unpaired) electrons. The molecule has 1 heterocycles.